The van der Waals surface area contributed by atoms with Gasteiger partial charge in [-0.25, -0.2) is 13.4 Å². The van der Waals surface area contributed by atoms with E-state index in [2.05, 4.69) is 10.3 Å². The van der Waals surface area contributed by atoms with Gasteiger partial charge in [0.15, 0.2) is 0 Å². The molecule has 1 saturated heterocycles. The highest BCUT2D eigenvalue weighted by Crippen LogP contribution is 2.26. The smallest absolute Gasteiger partial charge is 0.255 e. The predicted molar refractivity (Wildman–Crippen MR) is 120 cm³/mol. The van der Waals surface area contributed by atoms with E-state index in [-0.39, 0.29) is 10.5 Å². The van der Waals surface area contributed by atoms with Gasteiger partial charge in [0.2, 0.25) is 10.0 Å². The van der Waals surface area contributed by atoms with Crippen molar-refractivity contribution >= 4 is 15.9 Å². The first-order valence-electron chi connectivity index (χ1n) is 10.5. The number of amides is 1. The Morgan fingerprint density at radius 3 is 2.50 bits per heavy atom. The molecule has 2 aromatic carbocycles. The topological polar surface area (TPSA) is 93.5 Å². The number of imidazole rings is 1. The molecule has 0 aliphatic carbocycles. The molecule has 8 nitrogen and oxygen atoms in total. The number of methoxy groups -OCH3 is 1. The minimum absolute atomic E-state index is 0.107. The third kappa shape index (κ3) is 4.68. The molecule has 1 aliphatic heterocycles. The lowest BCUT2D eigenvalue weighted by Crippen LogP contribution is -2.35. The van der Waals surface area contributed by atoms with E-state index in [0.29, 0.717) is 25.4 Å². The Hall–Kier alpha value is -3.17. The van der Waals surface area contributed by atoms with Crippen molar-refractivity contribution in [2.45, 2.75) is 30.7 Å². The molecule has 1 N–H and O–H groups in total. The van der Waals surface area contributed by atoms with Crippen LogP contribution in [0.2, 0.25) is 0 Å². The van der Waals surface area contributed by atoms with Crippen LogP contribution in [0.1, 0.15) is 35.2 Å². The number of carbonyl (C=O) groups is 1. The van der Waals surface area contributed by atoms with E-state index < -0.39 is 15.9 Å². The van der Waals surface area contributed by atoms with Crippen molar-refractivity contribution in [3.05, 3.63) is 72.3 Å². The Balaban J connectivity index is 1.49. The third-order valence-corrected chi connectivity index (χ3v) is 7.45. The molecule has 1 amide bonds. The highest BCUT2D eigenvalue weighted by Gasteiger charge is 2.27. The van der Waals surface area contributed by atoms with E-state index in [1.54, 1.807) is 12.5 Å². The molecule has 9 heteroatoms. The van der Waals surface area contributed by atoms with Gasteiger partial charge in [-0.3, -0.25) is 4.79 Å². The Labute approximate surface area is 187 Å². The van der Waals surface area contributed by atoms with Gasteiger partial charge in [0.05, 0.1) is 23.9 Å². The van der Waals surface area contributed by atoms with Gasteiger partial charge in [0, 0.05) is 37.7 Å². The first-order valence-corrected chi connectivity index (χ1v) is 12.0. The van der Waals surface area contributed by atoms with Crippen LogP contribution in [0, 0.1) is 0 Å². The van der Waals surface area contributed by atoms with Gasteiger partial charge in [-0.1, -0.05) is 18.6 Å². The van der Waals surface area contributed by atoms with Crippen molar-refractivity contribution < 1.29 is 17.9 Å². The molecule has 4 rings (SSSR count). The summed E-state index contributed by atoms with van der Waals surface area (Å²) in [6, 6.07) is 12.2. The predicted octanol–water partition coefficient (Wildman–Crippen LogP) is 2.99. The van der Waals surface area contributed by atoms with Crippen LogP contribution in [0.15, 0.2) is 66.1 Å². The van der Waals surface area contributed by atoms with Gasteiger partial charge in [0.25, 0.3) is 5.91 Å². The molecular weight excluding hydrogens is 428 g/mol. The van der Waals surface area contributed by atoms with Crippen molar-refractivity contribution in [3.8, 4) is 11.4 Å². The maximum atomic E-state index is 13.0. The maximum absolute atomic E-state index is 13.0. The number of sulfonamides is 1. The average Bonchev–Trinajstić information content (AvgIpc) is 3.38. The fourth-order valence-corrected chi connectivity index (χ4v) is 5.30. The van der Waals surface area contributed by atoms with E-state index in [1.165, 1.54) is 29.6 Å². The first-order chi connectivity index (χ1) is 15.5. The van der Waals surface area contributed by atoms with Crippen LogP contribution >= 0.6 is 0 Å². The largest absolute Gasteiger partial charge is 0.496 e. The van der Waals surface area contributed by atoms with Crippen molar-refractivity contribution in [2.75, 3.05) is 20.2 Å². The Morgan fingerprint density at radius 2 is 1.84 bits per heavy atom. The molecule has 0 saturated carbocycles. The molecular formula is C23H26N4O4S. The summed E-state index contributed by atoms with van der Waals surface area (Å²) >= 11 is 0. The molecule has 168 valence electrons. The van der Waals surface area contributed by atoms with E-state index in [1.807, 2.05) is 35.0 Å². The molecule has 1 aliphatic rings. The zero-order valence-corrected chi connectivity index (χ0v) is 18.7. The number of aromatic nitrogens is 2. The van der Waals surface area contributed by atoms with E-state index in [0.717, 1.165) is 30.5 Å². The van der Waals surface area contributed by atoms with Gasteiger partial charge in [0.1, 0.15) is 5.75 Å². The molecule has 1 aromatic heterocycles. The second-order valence-corrected chi connectivity index (χ2v) is 9.58. The fourth-order valence-electron chi connectivity index (χ4n) is 3.75. The molecule has 3 aromatic rings. The number of hydrogen-bond donors (Lipinski definition) is 1. The third-order valence-electron chi connectivity index (χ3n) is 5.56. The number of hydrogen-bond acceptors (Lipinski definition) is 5. The Kier molecular flexibility index (Phi) is 6.57. The lowest BCUT2D eigenvalue weighted by molar-refractivity contribution is 0.0947. The van der Waals surface area contributed by atoms with Crippen LogP contribution in [0.4, 0.5) is 0 Å². The molecule has 32 heavy (non-hydrogen) atoms. The zero-order valence-electron chi connectivity index (χ0n) is 17.9. The number of carbonyl (C=O) groups excluding carboxylic acids is 1. The maximum Gasteiger partial charge on any atom is 0.255 e. The van der Waals surface area contributed by atoms with Crippen LogP contribution < -0.4 is 10.1 Å². The standard InChI is InChI=1S/C23H26N4O4S/c1-31-22-10-9-20(32(29,30)27-12-3-2-4-13-27)15-21(22)23(28)25-16-18-5-7-19(8-6-18)26-14-11-24-17-26/h5-11,14-15,17H,2-4,12-13,16H2,1H3,(H,25,28). The monoisotopic (exact) mass is 454 g/mol. The molecule has 0 unspecified atom stereocenters. The van der Waals surface area contributed by atoms with Crippen LogP contribution in [-0.4, -0.2) is 48.4 Å². The van der Waals surface area contributed by atoms with E-state index in [9.17, 15) is 13.2 Å². The van der Waals surface area contributed by atoms with Crippen molar-refractivity contribution in [1.82, 2.24) is 19.2 Å². The normalized spacial score (nSPS) is 14.8. The van der Waals surface area contributed by atoms with Gasteiger partial charge < -0.3 is 14.6 Å². The second-order valence-electron chi connectivity index (χ2n) is 7.65. The summed E-state index contributed by atoms with van der Waals surface area (Å²) < 4.78 is 34.7. The number of benzene rings is 2. The van der Waals surface area contributed by atoms with Gasteiger partial charge in [-0.05, 0) is 48.7 Å². The van der Waals surface area contributed by atoms with E-state index in [4.69, 9.17) is 4.74 Å². The molecule has 0 atom stereocenters. The number of piperidine rings is 1. The summed E-state index contributed by atoms with van der Waals surface area (Å²) in [6.07, 6.45) is 8.01. The molecule has 0 radical (unpaired) electrons. The van der Waals surface area contributed by atoms with Gasteiger partial charge in [-0.15, -0.1) is 0 Å². The number of rotatable bonds is 7. The second kappa shape index (κ2) is 9.54. The minimum atomic E-state index is -3.65. The average molecular weight is 455 g/mol. The van der Waals surface area contributed by atoms with Gasteiger partial charge >= 0.3 is 0 Å². The van der Waals surface area contributed by atoms with Crippen LogP contribution in [0.25, 0.3) is 5.69 Å². The lowest BCUT2D eigenvalue weighted by Gasteiger charge is -2.26. The van der Waals surface area contributed by atoms with E-state index >= 15 is 0 Å². The van der Waals surface area contributed by atoms with Crippen molar-refractivity contribution in [3.63, 3.8) is 0 Å². The van der Waals surface area contributed by atoms with Crippen LogP contribution in [0.3, 0.4) is 0 Å². The zero-order chi connectivity index (χ0) is 22.6. The van der Waals surface area contributed by atoms with Gasteiger partial charge in [-0.2, -0.15) is 4.31 Å². The highest BCUT2D eigenvalue weighted by atomic mass is 32.2. The number of ether oxygens (including phenoxy) is 1. The number of nitrogens with one attached hydrogen (secondary N) is 1. The Morgan fingerprint density at radius 1 is 1.09 bits per heavy atom. The summed E-state index contributed by atoms with van der Waals surface area (Å²) in [6.45, 7) is 1.31. The summed E-state index contributed by atoms with van der Waals surface area (Å²) in [5.74, 6) is -0.0632. The SMILES string of the molecule is COc1ccc(S(=O)(=O)N2CCCCC2)cc1C(=O)NCc1ccc(-n2ccnc2)cc1. The van der Waals surface area contributed by atoms with Crippen molar-refractivity contribution in [1.29, 1.82) is 0 Å². The van der Waals surface area contributed by atoms with Crippen LogP contribution in [-0.2, 0) is 16.6 Å². The minimum Gasteiger partial charge on any atom is -0.496 e. The first kappa shape index (κ1) is 22.0. The molecule has 0 spiro atoms. The Bertz CT molecular complexity index is 1170. The summed E-state index contributed by atoms with van der Waals surface area (Å²) in [4.78, 5) is 17.0. The number of nitrogens with zero attached hydrogens (tertiary/aromatic N) is 3. The molecule has 0 bridgehead atoms. The molecule has 1 fully saturated rings. The molecule has 2 heterocycles. The summed E-state index contributed by atoms with van der Waals surface area (Å²) in [5.41, 5.74) is 2.08. The quantitative estimate of drug-likeness (QED) is 0.592. The van der Waals surface area contributed by atoms with Crippen molar-refractivity contribution in [2.24, 2.45) is 0 Å². The highest BCUT2D eigenvalue weighted by molar-refractivity contribution is 7.89. The summed E-state index contributed by atoms with van der Waals surface area (Å²) in [7, 11) is -2.19. The fraction of sp³-hybridized carbons (Fsp3) is 0.304. The summed E-state index contributed by atoms with van der Waals surface area (Å²) in [5, 5.41) is 2.86. The van der Waals surface area contributed by atoms with Crippen LogP contribution in [0.5, 0.6) is 5.75 Å². The lowest BCUT2D eigenvalue weighted by atomic mass is 10.1.